The van der Waals surface area contributed by atoms with E-state index in [2.05, 4.69) is 27.4 Å². The molecule has 0 radical (unpaired) electrons. The van der Waals surface area contributed by atoms with Crippen molar-refractivity contribution in [1.82, 2.24) is 15.5 Å². The van der Waals surface area contributed by atoms with Crippen LogP contribution < -0.4 is 10.6 Å². The summed E-state index contributed by atoms with van der Waals surface area (Å²) in [6, 6.07) is 9.68. The molecular formula is C20H35IN4O2. The van der Waals surface area contributed by atoms with E-state index < -0.39 is 5.60 Å². The van der Waals surface area contributed by atoms with Gasteiger partial charge in [-0.1, -0.05) is 37.3 Å². The molecule has 0 amide bonds. The summed E-state index contributed by atoms with van der Waals surface area (Å²) in [6.45, 7) is 12.8. The third kappa shape index (κ3) is 8.76. The molecule has 0 bridgehead atoms. The number of morpholine rings is 1. The second kappa shape index (κ2) is 12.5. The zero-order valence-electron chi connectivity index (χ0n) is 16.8. The van der Waals surface area contributed by atoms with Crippen LogP contribution in [0.4, 0.5) is 0 Å². The van der Waals surface area contributed by atoms with Gasteiger partial charge in [0, 0.05) is 32.7 Å². The van der Waals surface area contributed by atoms with Crippen molar-refractivity contribution < 1.29 is 9.84 Å². The van der Waals surface area contributed by atoms with E-state index in [9.17, 15) is 5.11 Å². The Bertz CT molecular complexity index is 548. The Balaban J connectivity index is 0.00000364. The van der Waals surface area contributed by atoms with Crippen molar-refractivity contribution in [2.45, 2.75) is 26.4 Å². The van der Waals surface area contributed by atoms with Gasteiger partial charge in [0.05, 0.1) is 19.8 Å². The molecule has 1 aliphatic heterocycles. The number of hydrogen-bond acceptors (Lipinski definition) is 4. The van der Waals surface area contributed by atoms with Crippen molar-refractivity contribution in [1.29, 1.82) is 0 Å². The number of nitrogens with zero attached hydrogens (tertiary/aromatic N) is 2. The predicted molar refractivity (Wildman–Crippen MR) is 122 cm³/mol. The molecule has 2 rings (SSSR count). The van der Waals surface area contributed by atoms with Gasteiger partial charge in [-0.2, -0.15) is 0 Å². The fourth-order valence-electron chi connectivity index (χ4n) is 3.02. The van der Waals surface area contributed by atoms with Gasteiger partial charge in [-0.25, -0.2) is 4.99 Å². The Morgan fingerprint density at radius 3 is 2.56 bits per heavy atom. The fraction of sp³-hybridized carbons (Fsp3) is 0.650. The van der Waals surface area contributed by atoms with Crippen LogP contribution >= 0.6 is 24.0 Å². The third-order valence-corrected chi connectivity index (χ3v) is 4.58. The van der Waals surface area contributed by atoms with Crippen molar-refractivity contribution in [3.63, 3.8) is 0 Å². The average Bonchev–Trinajstić information content (AvgIpc) is 2.65. The topological polar surface area (TPSA) is 69.1 Å². The molecule has 1 fully saturated rings. The fourth-order valence-corrected chi connectivity index (χ4v) is 3.02. The van der Waals surface area contributed by atoms with Gasteiger partial charge in [0.1, 0.15) is 5.60 Å². The SMILES string of the molecule is CCNC(=NCC(C)(O)c1ccccc1)NCC(C)CN1CCOCC1.I. The molecular weight excluding hydrogens is 455 g/mol. The van der Waals surface area contributed by atoms with E-state index >= 15 is 0 Å². The van der Waals surface area contributed by atoms with Crippen molar-refractivity contribution >= 4 is 29.9 Å². The van der Waals surface area contributed by atoms with Gasteiger partial charge < -0.3 is 20.5 Å². The van der Waals surface area contributed by atoms with Gasteiger partial charge in [-0.3, -0.25) is 4.90 Å². The highest BCUT2D eigenvalue weighted by molar-refractivity contribution is 14.0. The first-order valence-corrected chi connectivity index (χ1v) is 9.61. The molecule has 154 valence electrons. The van der Waals surface area contributed by atoms with E-state index in [0.29, 0.717) is 12.5 Å². The maximum atomic E-state index is 10.7. The number of aliphatic imine (C=N–C) groups is 1. The Morgan fingerprint density at radius 1 is 1.26 bits per heavy atom. The highest BCUT2D eigenvalue weighted by atomic mass is 127. The zero-order valence-corrected chi connectivity index (χ0v) is 19.1. The maximum absolute atomic E-state index is 10.7. The molecule has 6 nitrogen and oxygen atoms in total. The third-order valence-electron chi connectivity index (χ3n) is 4.58. The predicted octanol–water partition coefficient (Wildman–Crippen LogP) is 2.04. The number of guanidine groups is 1. The van der Waals surface area contributed by atoms with Gasteiger partial charge in [0.15, 0.2) is 5.96 Å². The van der Waals surface area contributed by atoms with Gasteiger partial charge >= 0.3 is 0 Å². The lowest BCUT2D eigenvalue weighted by Gasteiger charge is -2.29. The van der Waals surface area contributed by atoms with Crippen LogP contribution in [-0.4, -0.2) is 68.4 Å². The van der Waals surface area contributed by atoms with E-state index in [1.165, 1.54) is 0 Å². The summed E-state index contributed by atoms with van der Waals surface area (Å²) in [7, 11) is 0. The summed E-state index contributed by atoms with van der Waals surface area (Å²) in [4.78, 5) is 7.04. The molecule has 0 aliphatic carbocycles. The Labute approximate surface area is 180 Å². The standard InChI is InChI=1S/C20H34N4O2.HI/c1-4-21-19(22-14-17(2)15-24-10-12-26-13-11-24)23-16-20(3,25)18-8-6-5-7-9-18;/h5-9,17,25H,4,10-16H2,1-3H3,(H2,21,22,23);1H. The lowest BCUT2D eigenvalue weighted by Crippen LogP contribution is -2.44. The lowest BCUT2D eigenvalue weighted by molar-refractivity contribution is 0.0320. The summed E-state index contributed by atoms with van der Waals surface area (Å²) in [5, 5.41) is 17.4. The molecule has 0 saturated carbocycles. The summed E-state index contributed by atoms with van der Waals surface area (Å²) in [5.74, 6) is 1.25. The number of hydrogen-bond donors (Lipinski definition) is 3. The van der Waals surface area contributed by atoms with Crippen molar-refractivity contribution in [3.8, 4) is 0 Å². The highest BCUT2D eigenvalue weighted by Crippen LogP contribution is 2.20. The minimum absolute atomic E-state index is 0. The number of benzene rings is 1. The highest BCUT2D eigenvalue weighted by Gasteiger charge is 2.22. The molecule has 1 aromatic rings. The Kier molecular flexibility index (Phi) is 11.2. The van der Waals surface area contributed by atoms with E-state index in [1.54, 1.807) is 6.92 Å². The van der Waals surface area contributed by atoms with Gasteiger partial charge in [0.25, 0.3) is 0 Å². The van der Waals surface area contributed by atoms with Gasteiger partial charge in [-0.15, -0.1) is 24.0 Å². The quantitative estimate of drug-likeness (QED) is 0.296. The molecule has 27 heavy (non-hydrogen) atoms. The van der Waals surface area contributed by atoms with Crippen LogP contribution in [-0.2, 0) is 10.3 Å². The smallest absolute Gasteiger partial charge is 0.191 e. The largest absolute Gasteiger partial charge is 0.384 e. The van der Waals surface area contributed by atoms with Crippen LogP contribution in [0.1, 0.15) is 26.3 Å². The maximum Gasteiger partial charge on any atom is 0.191 e. The molecule has 7 heteroatoms. The van der Waals surface area contributed by atoms with E-state index in [4.69, 9.17) is 4.74 Å². The molecule has 1 heterocycles. The summed E-state index contributed by atoms with van der Waals surface area (Å²) in [5.41, 5.74) is -0.108. The van der Waals surface area contributed by atoms with Crippen LogP contribution in [0.15, 0.2) is 35.3 Å². The molecule has 3 N–H and O–H groups in total. The number of halogens is 1. The minimum atomic E-state index is -0.983. The van der Waals surface area contributed by atoms with Crippen molar-refractivity contribution in [2.75, 3.05) is 52.5 Å². The van der Waals surface area contributed by atoms with E-state index in [1.807, 2.05) is 37.3 Å². The van der Waals surface area contributed by atoms with Gasteiger partial charge in [0.2, 0.25) is 0 Å². The Hall–Kier alpha value is -0.900. The number of rotatable bonds is 8. The first kappa shape index (κ1) is 24.1. The lowest BCUT2D eigenvalue weighted by atomic mass is 9.96. The Morgan fingerprint density at radius 2 is 1.93 bits per heavy atom. The van der Waals surface area contributed by atoms with Crippen LogP contribution in [0, 0.1) is 5.92 Å². The second-order valence-electron chi connectivity index (χ2n) is 7.23. The van der Waals surface area contributed by atoms with Crippen LogP contribution in [0.3, 0.4) is 0 Å². The van der Waals surface area contributed by atoms with Gasteiger partial charge in [-0.05, 0) is 25.3 Å². The molecule has 2 unspecified atom stereocenters. The number of ether oxygens (including phenoxy) is 1. The van der Waals surface area contributed by atoms with Crippen molar-refractivity contribution in [2.24, 2.45) is 10.9 Å². The van der Waals surface area contributed by atoms with Crippen LogP contribution in [0.2, 0.25) is 0 Å². The monoisotopic (exact) mass is 490 g/mol. The number of aliphatic hydroxyl groups is 1. The van der Waals surface area contributed by atoms with Crippen LogP contribution in [0.5, 0.6) is 0 Å². The molecule has 2 atom stereocenters. The van der Waals surface area contributed by atoms with E-state index in [0.717, 1.165) is 57.5 Å². The van der Waals surface area contributed by atoms with Crippen molar-refractivity contribution in [3.05, 3.63) is 35.9 Å². The molecule has 1 aliphatic rings. The summed E-state index contributed by atoms with van der Waals surface area (Å²) in [6.07, 6.45) is 0. The molecule has 1 aromatic carbocycles. The molecule has 0 spiro atoms. The first-order chi connectivity index (χ1) is 12.5. The minimum Gasteiger partial charge on any atom is -0.384 e. The second-order valence-corrected chi connectivity index (χ2v) is 7.23. The first-order valence-electron chi connectivity index (χ1n) is 9.61. The van der Waals surface area contributed by atoms with Crippen LogP contribution in [0.25, 0.3) is 0 Å². The number of nitrogens with one attached hydrogen (secondary N) is 2. The van der Waals surface area contributed by atoms with E-state index in [-0.39, 0.29) is 24.0 Å². The zero-order chi connectivity index (χ0) is 18.8. The summed E-state index contributed by atoms with van der Waals surface area (Å²) < 4.78 is 5.40. The normalized spacial score (nSPS) is 18.9. The average molecular weight is 490 g/mol. The summed E-state index contributed by atoms with van der Waals surface area (Å²) >= 11 is 0. The molecule has 0 aromatic heterocycles. The molecule has 1 saturated heterocycles.